The Morgan fingerprint density at radius 2 is 2.12 bits per heavy atom. The van der Waals surface area contributed by atoms with Crippen LogP contribution >= 0.6 is 0 Å². The first-order valence-electron chi connectivity index (χ1n) is 5.62. The first-order valence-corrected chi connectivity index (χ1v) is 5.62. The number of nitrogens with zero attached hydrogens (tertiary/aromatic N) is 2. The van der Waals surface area contributed by atoms with E-state index in [9.17, 15) is 14.9 Å². The number of carbonyl (C=O) groups excluding carboxylic acids is 1. The Morgan fingerprint density at radius 1 is 1.41 bits per heavy atom. The third kappa shape index (κ3) is 3.03. The molecule has 0 amide bonds. The molecule has 1 rings (SSSR count). The van der Waals surface area contributed by atoms with Gasteiger partial charge in [0.2, 0.25) is 0 Å². The van der Waals surface area contributed by atoms with Crippen molar-refractivity contribution in [3.8, 4) is 0 Å². The van der Waals surface area contributed by atoms with Crippen molar-refractivity contribution >= 4 is 17.7 Å². The lowest BCUT2D eigenvalue weighted by Gasteiger charge is -2.22. The van der Waals surface area contributed by atoms with Gasteiger partial charge in [0, 0.05) is 24.7 Å². The van der Waals surface area contributed by atoms with Crippen molar-refractivity contribution in [2.45, 2.75) is 20.3 Å². The zero-order valence-electron chi connectivity index (χ0n) is 10.0. The molecule has 1 aromatic rings. The third-order valence-corrected chi connectivity index (χ3v) is 2.55. The molecule has 0 bridgehead atoms. The largest absolute Gasteiger partial charge is 0.366 e. The summed E-state index contributed by atoms with van der Waals surface area (Å²) in [5, 5.41) is 11.0. The van der Waals surface area contributed by atoms with Crippen molar-refractivity contribution in [3.05, 3.63) is 33.9 Å². The van der Waals surface area contributed by atoms with Gasteiger partial charge in [-0.25, -0.2) is 0 Å². The zero-order valence-corrected chi connectivity index (χ0v) is 10.0. The fourth-order valence-electron chi connectivity index (χ4n) is 1.75. The highest BCUT2D eigenvalue weighted by molar-refractivity contribution is 5.79. The summed E-state index contributed by atoms with van der Waals surface area (Å²) in [6.45, 7) is 5.44. The van der Waals surface area contributed by atoms with Gasteiger partial charge in [-0.3, -0.25) is 14.9 Å². The lowest BCUT2D eigenvalue weighted by Crippen LogP contribution is -2.24. The third-order valence-electron chi connectivity index (χ3n) is 2.55. The van der Waals surface area contributed by atoms with Crippen molar-refractivity contribution in [1.82, 2.24) is 0 Å². The first kappa shape index (κ1) is 13.2. The summed E-state index contributed by atoms with van der Waals surface area (Å²) in [6, 6.07) is 4.56. The van der Waals surface area contributed by atoms with Gasteiger partial charge >= 0.3 is 0 Å². The van der Waals surface area contributed by atoms with Gasteiger partial charge in [-0.15, -0.1) is 0 Å². The summed E-state index contributed by atoms with van der Waals surface area (Å²) in [5.74, 6) is 0. The molecular weight excluding hydrogens is 220 g/mol. The molecule has 1 aromatic carbocycles. The molecule has 0 aliphatic carbocycles. The van der Waals surface area contributed by atoms with E-state index in [2.05, 4.69) is 0 Å². The van der Waals surface area contributed by atoms with E-state index in [1.54, 1.807) is 12.1 Å². The second kappa shape index (κ2) is 5.98. The molecule has 0 heterocycles. The number of hydrogen-bond acceptors (Lipinski definition) is 4. The van der Waals surface area contributed by atoms with Crippen LogP contribution in [0.4, 0.5) is 11.4 Å². The second-order valence-electron chi connectivity index (χ2n) is 3.70. The molecule has 5 heteroatoms. The van der Waals surface area contributed by atoms with E-state index in [4.69, 9.17) is 0 Å². The molecule has 0 atom stereocenters. The Kier molecular flexibility index (Phi) is 4.63. The fourth-order valence-corrected chi connectivity index (χ4v) is 1.75. The molecular formula is C12H16N2O3. The SMILES string of the molecule is CCCN(CC)c1ccc(C=O)cc1[N+](=O)[O-]. The Labute approximate surface area is 100 Å². The Bertz CT molecular complexity index is 418. The predicted molar refractivity (Wildman–Crippen MR) is 66.7 cm³/mol. The molecule has 92 valence electrons. The predicted octanol–water partition coefficient (Wildman–Crippen LogP) is 2.64. The molecule has 0 saturated heterocycles. The minimum absolute atomic E-state index is 0.00935. The lowest BCUT2D eigenvalue weighted by molar-refractivity contribution is -0.384. The average Bonchev–Trinajstić information content (AvgIpc) is 2.35. The van der Waals surface area contributed by atoms with E-state index in [-0.39, 0.29) is 5.69 Å². The lowest BCUT2D eigenvalue weighted by atomic mass is 10.1. The molecule has 5 nitrogen and oxygen atoms in total. The van der Waals surface area contributed by atoms with Crippen molar-refractivity contribution in [2.75, 3.05) is 18.0 Å². The maximum absolute atomic E-state index is 11.0. The van der Waals surface area contributed by atoms with Crippen molar-refractivity contribution in [3.63, 3.8) is 0 Å². The number of anilines is 1. The normalized spacial score (nSPS) is 10.0. The second-order valence-corrected chi connectivity index (χ2v) is 3.70. The van der Waals surface area contributed by atoms with Crippen LogP contribution in [0.5, 0.6) is 0 Å². The van der Waals surface area contributed by atoms with Gasteiger partial charge in [0.15, 0.2) is 0 Å². The summed E-state index contributed by atoms with van der Waals surface area (Å²) >= 11 is 0. The molecule has 17 heavy (non-hydrogen) atoms. The van der Waals surface area contributed by atoms with Gasteiger partial charge < -0.3 is 4.90 Å². The van der Waals surface area contributed by atoms with Crippen LogP contribution in [-0.4, -0.2) is 24.3 Å². The minimum atomic E-state index is -0.444. The number of nitro benzene ring substituents is 1. The van der Waals surface area contributed by atoms with Gasteiger partial charge in [0.25, 0.3) is 5.69 Å². The van der Waals surface area contributed by atoms with Crippen LogP contribution in [0.3, 0.4) is 0 Å². The number of rotatable bonds is 6. The van der Waals surface area contributed by atoms with E-state index in [1.807, 2.05) is 18.7 Å². The van der Waals surface area contributed by atoms with Gasteiger partial charge in [0.05, 0.1) is 4.92 Å². The number of nitro groups is 1. The Hall–Kier alpha value is -1.91. The van der Waals surface area contributed by atoms with Crippen LogP contribution < -0.4 is 4.90 Å². The Balaban J connectivity index is 3.21. The summed E-state index contributed by atoms with van der Waals surface area (Å²) < 4.78 is 0. The molecule has 0 saturated carbocycles. The maximum Gasteiger partial charge on any atom is 0.293 e. The average molecular weight is 236 g/mol. The van der Waals surface area contributed by atoms with E-state index < -0.39 is 4.92 Å². The molecule has 0 aliphatic heterocycles. The Morgan fingerprint density at radius 3 is 2.59 bits per heavy atom. The van der Waals surface area contributed by atoms with Crippen LogP contribution in [0.2, 0.25) is 0 Å². The van der Waals surface area contributed by atoms with Gasteiger partial charge in [-0.05, 0) is 25.5 Å². The number of carbonyl (C=O) groups is 1. The molecule has 0 aromatic heterocycles. The molecule has 0 spiro atoms. The molecule has 0 unspecified atom stereocenters. The van der Waals surface area contributed by atoms with E-state index in [0.29, 0.717) is 24.1 Å². The number of benzene rings is 1. The van der Waals surface area contributed by atoms with Crippen LogP contribution in [-0.2, 0) is 0 Å². The van der Waals surface area contributed by atoms with Crippen LogP contribution in [0.1, 0.15) is 30.6 Å². The zero-order chi connectivity index (χ0) is 12.8. The van der Waals surface area contributed by atoms with Crippen LogP contribution in [0.15, 0.2) is 18.2 Å². The van der Waals surface area contributed by atoms with E-state index in [1.165, 1.54) is 6.07 Å². The quantitative estimate of drug-likeness (QED) is 0.432. The summed E-state index contributed by atoms with van der Waals surface area (Å²) in [5.41, 5.74) is 0.892. The topological polar surface area (TPSA) is 63.5 Å². The monoisotopic (exact) mass is 236 g/mol. The van der Waals surface area contributed by atoms with Gasteiger partial charge in [-0.1, -0.05) is 6.92 Å². The van der Waals surface area contributed by atoms with E-state index >= 15 is 0 Å². The number of hydrogen-bond donors (Lipinski definition) is 0. The van der Waals surface area contributed by atoms with Gasteiger partial charge in [-0.2, -0.15) is 0 Å². The number of aldehydes is 1. The smallest absolute Gasteiger partial charge is 0.293 e. The van der Waals surface area contributed by atoms with Crippen molar-refractivity contribution < 1.29 is 9.72 Å². The van der Waals surface area contributed by atoms with Crippen molar-refractivity contribution in [1.29, 1.82) is 0 Å². The standard InChI is InChI=1S/C12H16N2O3/c1-3-7-13(4-2)11-6-5-10(9-15)8-12(11)14(16)17/h5-6,8-9H,3-4,7H2,1-2H3. The highest BCUT2D eigenvalue weighted by atomic mass is 16.6. The van der Waals surface area contributed by atoms with Gasteiger partial charge in [0.1, 0.15) is 12.0 Å². The van der Waals surface area contributed by atoms with Crippen LogP contribution in [0, 0.1) is 10.1 Å². The van der Waals surface area contributed by atoms with Crippen molar-refractivity contribution in [2.24, 2.45) is 0 Å². The highest BCUT2D eigenvalue weighted by Crippen LogP contribution is 2.28. The fraction of sp³-hybridized carbons (Fsp3) is 0.417. The highest BCUT2D eigenvalue weighted by Gasteiger charge is 2.18. The summed E-state index contributed by atoms with van der Waals surface area (Å²) in [7, 11) is 0. The molecule has 0 N–H and O–H groups in total. The minimum Gasteiger partial charge on any atom is -0.366 e. The maximum atomic E-state index is 11.0. The van der Waals surface area contributed by atoms with Crippen LogP contribution in [0.25, 0.3) is 0 Å². The summed E-state index contributed by atoms with van der Waals surface area (Å²) in [6.07, 6.45) is 1.54. The summed E-state index contributed by atoms with van der Waals surface area (Å²) in [4.78, 5) is 23.1. The first-order chi connectivity index (χ1) is 8.13. The molecule has 0 radical (unpaired) electrons. The van der Waals surface area contributed by atoms with E-state index in [0.717, 1.165) is 13.0 Å². The molecule has 0 aliphatic rings. The molecule has 0 fully saturated rings.